The molecule has 438 valence electrons. The largest absolute Gasteiger partial charge is 0.457 e. The molecule has 11 aromatic carbocycles. The third-order valence-electron chi connectivity index (χ3n) is 20.3. The molecule has 0 unspecified atom stereocenters. The van der Waals surface area contributed by atoms with Gasteiger partial charge < -0.3 is 27.6 Å². The third kappa shape index (κ3) is 6.81. The first-order valence-corrected chi connectivity index (χ1v) is 31.7. The molecule has 2 aliphatic rings. The number of nitriles is 2. The Morgan fingerprint density at radius 3 is 1.04 bits per heavy atom. The summed E-state index contributed by atoms with van der Waals surface area (Å²) in [4.78, 5) is 16.0. The van der Waals surface area contributed by atoms with Crippen LogP contribution in [-0.2, 0) is 5.41 Å². The first-order chi connectivity index (χ1) is 47.0. The number of pyridine rings is 3. The zero-order valence-corrected chi connectivity index (χ0v) is 50.4. The summed E-state index contributed by atoms with van der Waals surface area (Å²) in [6.07, 6.45) is 7.78. The second-order valence-corrected chi connectivity index (χ2v) is 25.0. The lowest BCUT2D eigenvalue weighted by molar-refractivity contribution is 0.436. The first-order valence-electron chi connectivity index (χ1n) is 31.7. The number of hydrogen-bond acceptors (Lipinski definition) is 6. The molecule has 19 aromatic rings. The Kier molecular flexibility index (Phi) is 10.2. The number of rotatable bonds is 5. The highest BCUT2D eigenvalue weighted by atomic mass is 16.5. The standard InChI is InChI=1S/C84H46N10O/c85-44-49-25-30-76-63(37-49)59-16-4-11-23-74(59)93(76)54-42-68-82(88-46-54)83-69(43-55(47-89-83)94-75-24-12-5-17-60(75)64-38-50(45-86)26-31-77(64)94)84(68)66-40-52(28-33-80(66)95-81-34-29-53(41-67(81)84)92-72-21-9-3-15-58(72)62-35-36-87-48-79(62)92)91-73-22-10-6-18-61(73)65-39-51(27-32-78(65)91)90-70-19-7-1-13-56(70)57-14-2-8-20-71(57)90/h1-43,46-48H. The van der Waals surface area contributed by atoms with Gasteiger partial charge in [-0.2, -0.15) is 10.5 Å². The second-order valence-electron chi connectivity index (χ2n) is 25.0. The van der Waals surface area contributed by atoms with Gasteiger partial charge in [-0.1, -0.05) is 109 Å². The van der Waals surface area contributed by atoms with Crippen molar-refractivity contribution in [2.75, 3.05) is 0 Å². The van der Waals surface area contributed by atoms with E-state index >= 15 is 0 Å². The molecule has 21 rings (SSSR count). The van der Waals surface area contributed by atoms with Crippen LogP contribution in [0.15, 0.2) is 280 Å². The Bertz CT molecular complexity index is 6470. The van der Waals surface area contributed by atoms with Crippen molar-refractivity contribution in [1.29, 1.82) is 10.5 Å². The molecule has 0 N–H and O–H groups in total. The highest BCUT2D eigenvalue weighted by Gasteiger charge is 2.54. The Labute approximate surface area is 540 Å². The van der Waals surface area contributed by atoms with Crippen molar-refractivity contribution in [3.63, 3.8) is 0 Å². The van der Waals surface area contributed by atoms with Gasteiger partial charge in [0.05, 0.1) is 125 Å². The molecule has 95 heavy (non-hydrogen) atoms. The van der Waals surface area contributed by atoms with E-state index in [0.29, 0.717) is 22.6 Å². The first kappa shape index (κ1) is 51.4. The summed E-state index contributed by atoms with van der Waals surface area (Å²) in [5.74, 6) is 1.39. The van der Waals surface area contributed by atoms with E-state index in [1.807, 2.05) is 49.1 Å². The molecule has 0 bridgehead atoms. The van der Waals surface area contributed by atoms with Gasteiger partial charge in [0.1, 0.15) is 11.5 Å². The minimum absolute atomic E-state index is 0.588. The number of para-hydroxylation sites is 6. The van der Waals surface area contributed by atoms with E-state index in [1.54, 1.807) is 0 Å². The Hall–Kier alpha value is -13.4. The van der Waals surface area contributed by atoms with Crippen molar-refractivity contribution < 1.29 is 4.74 Å². The minimum Gasteiger partial charge on any atom is -0.457 e. The molecule has 0 amide bonds. The maximum absolute atomic E-state index is 10.3. The van der Waals surface area contributed by atoms with Gasteiger partial charge in [0.25, 0.3) is 0 Å². The van der Waals surface area contributed by atoms with Crippen LogP contribution in [0.25, 0.3) is 149 Å². The highest BCUT2D eigenvalue weighted by molar-refractivity contribution is 6.14. The summed E-state index contributed by atoms with van der Waals surface area (Å²) in [6, 6.07) is 95.1. The molecular weight excluding hydrogens is 1160 g/mol. The van der Waals surface area contributed by atoms with Crippen molar-refractivity contribution >= 4 is 109 Å². The fourth-order valence-electron chi connectivity index (χ4n) is 16.5. The SMILES string of the molecule is N#Cc1ccc2c(c1)c1ccccc1n2-c1cnc2c(c1)C1(c3cc(-n4c5ccccc5c5cc(-n6c7ccccc7c7ccccc76)ccc54)ccc3Oc3ccc(-n4c5ccccc5c5ccncc54)cc31)c1cc(-n3c4ccccc4c4cc(C#N)ccc43)cnc1-2. The van der Waals surface area contributed by atoms with Gasteiger partial charge in [0.15, 0.2) is 0 Å². The van der Waals surface area contributed by atoms with Gasteiger partial charge in [0.2, 0.25) is 0 Å². The summed E-state index contributed by atoms with van der Waals surface area (Å²) in [6.45, 7) is 0. The number of fused-ring (bicyclic) bond motifs is 24. The van der Waals surface area contributed by atoms with E-state index < -0.39 is 5.41 Å². The number of hydrogen-bond donors (Lipinski definition) is 0. The summed E-state index contributed by atoms with van der Waals surface area (Å²) >= 11 is 0. The smallest absolute Gasteiger partial charge is 0.132 e. The van der Waals surface area contributed by atoms with Crippen LogP contribution >= 0.6 is 0 Å². The van der Waals surface area contributed by atoms with Crippen LogP contribution in [-0.4, -0.2) is 37.8 Å². The van der Waals surface area contributed by atoms with E-state index in [1.165, 1.54) is 10.8 Å². The van der Waals surface area contributed by atoms with Crippen molar-refractivity contribution in [1.82, 2.24) is 37.8 Å². The molecule has 0 saturated heterocycles. The molecule has 1 aliphatic heterocycles. The molecule has 1 aliphatic carbocycles. The lowest BCUT2D eigenvalue weighted by Gasteiger charge is -2.39. The van der Waals surface area contributed by atoms with Crippen molar-refractivity contribution in [2.45, 2.75) is 5.41 Å². The highest BCUT2D eigenvalue weighted by Crippen LogP contribution is 2.63. The number of aromatic nitrogens is 8. The average molecular weight is 1210 g/mol. The Balaban J connectivity index is 0.885. The van der Waals surface area contributed by atoms with Gasteiger partial charge in [-0.3, -0.25) is 15.0 Å². The van der Waals surface area contributed by atoms with Crippen LogP contribution in [0.2, 0.25) is 0 Å². The quantitative estimate of drug-likeness (QED) is 0.169. The van der Waals surface area contributed by atoms with E-state index in [4.69, 9.17) is 19.7 Å². The minimum atomic E-state index is -1.19. The molecule has 0 fully saturated rings. The topological polar surface area (TPSA) is 120 Å². The number of ether oxygens (including phenoxy) is 1. The van der Waals surface area contributed by atoms with Gasteiger partial charge in [0, 0.05) is 99.4 Å². The molecule has 9 heterocycles. The normalized spacial score (nSPS) is 13.0. The van der Waals surface area contributed by atoms with Crippen LogP contribution in [0.3, 0.4) is 0 Å². The molecule has 8 aromatic heterocycles. The molecule has 0 saturated carbocycles. The molecule has 0 atom stereocenters. The van der Waals surface area contributed by atoms with Crippen LogP contribution < -0.4 is 4.74 Å². The predicted octanol–water partition coefficient (Wildman–Crippen LogP) is 19.6. The van der Waals surface area contributed by atoms with Crippen LogP contribution in [0.4, 0.5) is 0 Å². The number of benzene rings is 11. The summed E-state index contributed by atoms with van der Waals surface area (Å²) < 4.78 is 19.2. The summed E-state index contributed by atoms with van der Waals surface area (Å²) in [5, 5.41) is 31.4. The second kappa shape index (κ2) is 18.9. The van der Waals surface area contributed by atoms with Gasteiger partial charge in [-0.05, 0) is 146 Å². The molecular formula is C84H46N10O. The van der Waals surface area contributed by atoms with Gasteiger partial charge in [-0.15, -0.1) is 0 Å². The van der Waals surface area contributed by atoms with E-state index in [9.17, 15) is 10.5 Å². The van der Waals surface area contributed by atoms with Crippen LogP contribution in [0, 0.1) is 22.7 Å². The molecule has 0 radical (unpaired) electrons. The molecule has 11 nitrogen and oxygen atoms in total. The average Bonchev–Trinajstić information content (AvgIpc) is 1.55. The lowest BCUT2D eigenvalue weighted by atomic mass is 9.66. The van der Waals surface area contributed by atoms with Crippen molar-refractivity contribution in [3.05, 3.63) is 313 Å². The predicted molar refractivity (Wildman–Crippen MR) is 378 cm³/mol. The maximum Gasteiger partial charge on any atom is 0.132 e. The zero-order valence-electron chi connectivity index (χ0n) is 50.4. The number of nitrogens with zero attached hydrogens (tertiary/aromatic N) is 10. The van der Waals surface area contributed by atoms with Crippen LogP contribution in [0.1, 0.15) is 33.4 Å². The monoisotopic (exact) mass is 1210 g/mol. The molecule has 11 heteroatoms. The molecule has 1 spiro atoms. The van der Waals surface area contributed by atoms with E-state index in [0.717, 1.165) is 160 Å². The lowest BCUT2D eigenvalue weighted by Crippen LogP contribution is -2.33. The maximum atomic E-state index is 10.3. The van der Waals surface area contributed by atoms with Crippen molar-refractivity contribution in [3.8, 4) is 63.5 Å². The van der Waals surface area contributed by atoms with Gasteiger partial charge >= 0.3 is 0 Å². The zero-order chi connectivity index (χ0) is 62.4. The summed E-state index contributed by atoms with van der Waals surface area (Å²) in [7, 11) is 0. The van der Waals surface area contributed by atoms with E-state index in [2.05, 4.69) is 265 Å². The van der Waals surface area contributed by atoms with E-state index in [-0.39, 0.29) is 0 Å². The fraction of sp³-hybridized carbons (Fsp3) is 0.0119. The summed E-state index contributed by atoms with van der Waals surface area (Å²) in [5.41, 5.74) is 20.1. The Morgan fingerprint density at radius 2 is 0.611 bits per heavy atom. The van der Waals surface area contributed by atoms with Crippen LogP contribution in [0.5, 0.6) is 11.5 Å². The van der Waals surface area contributed by atoms with Gasteiger partial charge in [-0.25, -0.2) is 0 Å². The third-order valence-corrected chi connectivity index (χ3v) is 20.3. The fourth-order valence-corrected chi connectivity index (χ4v) is 16.5. The Morgan fingerprint density at radius 1 is 0.284 bits per heavy atom. The van der Waals surface area contributed by atoms with Crippen molar-refractivity contribution in [2.24, 2.45) is 0 Å².